The number of hydrogen-bond donors (Lipinski definition) is 0. The first-order valence-electron chi connectivity index (χ1n) is 8.41. The zero-order chi connectivity index (χ0) is 20.0. The molecule has 0 N–H and O–H groups in total. The number of methoxy groups -OCH3 is 2. The largest absolute Gasteiger partial charge is 0.497 e. The first-order valence-corrected chi connectivity index (χ1v) is 8.41. The van der Waals surface area contributed by atoms with E-state index in [0.29, 0.717) is 17.1 Å². The van der Waals surface area contributed by atoms with Crippen LogP contribution in [0.25, 0.3) is 0 Å². The fourth-order valence-electron chi connectivity index (χ4n) is 2.28. The lowest BCUT2D eigenvalue weighted by molar-refractivity contribution is 0.0569. The summed E-state index contributed by atoms with van der Waals surface area (Å²) in [7, 11) is 2.88. The number of anilines is 1. The summed E-state index contributed by atoms with van der Waals surface area (Å²) in [5, 5.41) is 0. The summed E-state index contributed by atoms with van der Waals surface area (Å²) in [4.78, 5) is 30.2. The third-order valence-electron chi connectivity index (χ3n) is 3.56. The second kappa shape index (κ2) is 8.53. The number of pyridine rings is 1. The molecular formula is C20H24N2O5. The molecule has 7 nitrogen and oxygen atoms in total. The van der Waals surface area contributed by atoms with Gasteiger partial charge in [-0.25, -0.2) is 14.6 Å². The molecule has 2 rings (SSSR count). The lowest BCUT2D eigenvalue weighted by atomic mass is 10.2. The van der Waals surface area contributed by atoms with Gasteiger partial charge in [-0.1, -0.05) is 12.1 Å². The zero-order valence-corrected chi connectivity index (χ0v) is 16.2. The summed E-state index contributed by atoms with van der Waals surface area (Å²) in [5.74, 6) is 0.503. The predicted octanol–water partition coefficient (Wildman–Crippen LogP) is 3.82. The van der Waals surface area contributed by atoms with Crippen molar-refractivity contribution in [2.75, 3.05) is 19.1 Å². The van der Waals surface area contributed by atoms with Crippen molar-refractivity contribution in [3.63, 3.8) is 0 Å². The van der Waals surface area contributed by atoms with Crippen LogP contribution in [0, 0.1) is 0 Å². The number of amides is 1. The Morgan fingerprint density at radius 1 is 1.07 bits per heavy atom. The van der Waals surface area contributed by atoms with E-state index in [1.54, 1.807) is 40.0 Å². The van der Waals surface area contributed by atoms with Gasteiger partial charge in [0.1, 0.15) is 17.2 Å². The van der Waals surface area contributed by atoms with Crippen LogP contribution in [0.4, 0.5) is 10.6 Å². The number of ether oxygens (including phenoxy) is 3. The van der Waals surface area contributed by atoms with Crippen LogP contribution in [-0.2, 0) is 16.0 Å². The first kappa shape index (κ1) is 20.2. The van der Waals surface area contributed by atoms with Gasteiger partial charge in [-0.2, -0.15) is 0 Å². The number of hydrogen-bond acceptors (Lipinski definition) is 6. The third-order valence-corrected chi connectivity index (χ3v) is 3.56. The Balaban J connectivity index is 2.36. The molecule has 2 aromatic rings. The van der Waals surface area contributed by atoms with Crippen LogP contribution in [0.2, 0.25) is 0 Å². The van der Waals surface area contributed by atoms with Gasteiger partial charge in [0.25, 0.3) is 0 Å². The van der Waals surface area contributed by atoms with Crippen molar-refractivity contribution in [2.24, 2.45) is 0 Å². The van der Waals surface area contributed by atoms with Gasteiger partial charge in [-0.3, -0.25) is 4.90 Å². The van der Waals surface area contributed by atoms with Gasteiger partial charge in [0.15, 0.2) is 0 Å². The molecule has 0 saturated carbocycles. The Labute approximate surface area is 158 Å². The Morgan fingerprint density at radius 2 is 1.74 bits per heavy atom. The smallest absolute Gasteiger partial charge is 0.416 e. The van der Waals surface area contributed by atoms with Gasteiger partial charge >= 0.3 is 12.1 Å². The summed E-state index contributed by atoms with van der Waals surface area (Å²) in [5.41, 5.74) is 0.479. The van der Waals surface area contributed by atoms with E-state index in [-0.39, 0.29) is 6.54 Å². The number of nitrogens with zero attached hydrogens (tertiary/aromatic N) is 2. The highest BCUT2D eigenvalue weighted by molar-refractivity contribution is 5.92. The fourth-order valence-corrected chi connectivity index (χ4v) is 2.28. The van der Waals surface area contributed by atoms with Crippen LogP contribution in [0.1, 0.15) is 36.7 Å². The summed E-state index contributed by atoms with van der Waals surface area (Å²) in [6.07, 6.45) is 0.889. The van der Waals surface area contributed by atoms with Gasteiger partial charge in [0.05, 0.1) is 26.3 Å². The van der Waals surface area contributed by atoms with E-state index >= 15 is 0 Å². The van der Waals surface area contributed by atoms with Crippen LogP contribution in [0.5, 0.6) is 5.75 Å². The average molecular weight is 372 g/mol. The standard InChI is InChI=1S/C20H24N2O5/c1-20(2,3)27-19(24)22(13-14-6-8-16(25-4)9-7-14)17-12-15(10-11-21-17)18(23)26-5/h6-12H,13H2,1-5H3. The Kier molecular flexibility index (Phi) is 6.39. The first-order chi connectivity index (χ1) is 12.7. The molecule has 0 aliphatic rings. The molecule has 1 amide bonds. The number of aromatic nitrogens is 1. The molecule has 0 fully saturated rings. The Bertz CT molecular complexity index is 797. The van der Waals surface area contributed by atoms with Crippen molar-refractivity contribution in [3.8, 4) is 5.75 Å². The molecule has 144 valence electrons. The minimum Gasteiger partial charge on any atom is -0.497 e. The highest BCUT2D eigenvalue weighted by atomic mass is 16.6. The van der Waals surface area contributed by atoms with Crippen molar-refractivity contribution in [3.05, 3.63) is 53.7 Å². The molecular weight excluding hydrogens is 348 g/mol. The summed E-state index contributed by atoms with van der Waals surface area (Å²) in [6.45, 7) is 5.58. The molecule has 0 saturated heterocycles. The van der Waals surface area contributed by atoms with Crippen LogP contribution in [0.3, 0.4) is 0 Å². The molecule has 0 atom stereocenters. The van der Waals surface area contributed by atoms with E-state index in [2.05, 4.69) is 4.98 Å². The minimum absolute atomic E-state index is 0.219. The maximum absolute atomic E-state index is 12.8. The molecule has 0 aliphatic carbocycles. The van der Waals surface area contributed by atoms with E-state index in [9.17, 15) is 9.59 Å². The van der Waals surface area contributed by atoms with Gasteiger partial charge in [0, 0.05) is 6.20 Å². The Hall–Kier alpha value is -3.09. The van der Waals surface area contributed by atoms with Crippen LogP contribution >= 0.6 is 0 Å². The molecule has 0 bridgehead atoms. The minimum atomic E-state index is -0.671. The van der Waals surface area contributed by atoms with E-state index < -0.39 is 17.7 Å². The number of rotatable bonds is 5. The number of esters is 1. The molecule has 0 radical (unpaired) electrons. The second-order valence-corrected chi connectivity index (χ2v) is 6.81. The summed E-state index contributed by atoms with van der Waals surface area (Å²) >= 11 is 0. The molecule has 0 unspecified atom stereocenters. The molecule has 0 spiro atoms. The Morgan fingerprint density at radius 3 is 2.30 bits per heavy atom. The summed E-state index contributed by atoms with van der Waals surface area (Å²) < 4.78 is 15.4. The number of carbonyl (C=O) groups excluding carboxylic acids is 2. The second-order valence-electron chi connectivity index (χ2n) is 6.81. The number of carbonyl (C=O) groups is 2. The lowest BCUT2D eigenvalue weighted by Gasteiger charge is -2.27. The topological polar surface area (TPSA) is 78.0 Å². The third kappa shape index (κ3) is 5.70. The zero-order valence-electron chi connectivity index (χ0n) is 16.2. The average Bonchev–Trinajstić information content (AvgIpc) is 2.64. The van der Waals surface area contributed by atoms with E-state index in [0.717, 1.165) is 5.56 Å². The van der Waals surface area contributed by atoms with Crippen LogP contribution in [-0.4, -0.2) is 36.9 Å². The van der Waals surface area contributed by atoms with Crippen molar-refractivity contribution >= 4 is 17.9 Å². The molecule has 1 heterocycles. The van der Waals surface area contributed by atoms with E-state index in [1.165, 1.54) is 30.3 Å². The van der Waals surface area contributed by atoms with Crippen molar-refractivity contribution < 1.29 is 23.8 Å². The molecule has 1 aromatic carbocycles. The highest BCUT2D eigenvalue weighted by Crippen LogP contribution is 2.21. The number of benzene rings is 1. The molecule has 7 heteroatoms. The quantitative estimate of drug-likeness (QED) is 0.743. The van der Waals surface area contributed by atoms with Gasteiger partial charge in [-0.05, 0) is 50.6 Å². The van der Waals surface area contributed by atoms with E-state index in [4.69, 9.17) is 14.2 Å². The monoisotopic (exact) mass is 372 g/mol. The van der Waals surface area contributed by atoms with Crippen molar-refractivity contribution in [1.82, 2.24) is 4.98 Å². The fraction of sp³-hybridized carbons (Fsp3) is 0.350. The summed E-state index contributed by atoms with van der Waals surface area (Å²) in [6, 6.07) is 10.3. The van der Waals surface area contributed by atoms with Crippen molar-refractivity contribution in [1.29, 1.82) is 0 Å². The van der Waals surface area contributed by atoms with E-state index in [1.807, 2.05) is 12.1 Å². The van der Waals surface area contributed by atoms with Gasteiger partial charge in [0.2, 0.25) is 0 Å². The SMILES string of the molecule is COC(=O)c1ccnc(N(Cc2ccc(OC)cc2)C(=O)OC(C)(C)C)c1. The lowest BCUT2D eigenvalue weighted by Crippen LogP contribution is -2.37. The molecule has 27 heavy (non-hydrogen) atoms. The maximum atomic E-state index is 12.8. The van der Waals surface area contributed by atoms with Gasteiger partial charge < -0.3 is 14.2 Å². The predicted molar refractivity (Wildman–Crippen MR) is 101 cm³/mol. The van der Waals surface area contributed by atoms with Gasteiger partial charge in [-0.15, -0.1) is 0 Å². The highest BCUT2D eigenvalue weighted by Gasteiger charge is 2.25. The molecule has 1 aromatic heterocycles. The van der Waals surface area contributed by atoms with Crippen LogP contribution in [0.15, 0.2) is 42.6 Å². The van der Waals surface area contributed by atoms with Crippen LogP contribution < -0.4 is 9.64 Å². The molecule has 0 aliphatic heterocycles. The van der Waals surface area contributed by atoms with Crippen molar-refractivity contribution in [2.45, 2.75) is 32.9 Å². The normalized spacial score (nSPS) is 10.9. The maximum Gasteiger partial charge on any atom is 0.416 e.